The number of hydrogen-bond acceptors (Lipinski definition) is 8. The minimum Gasteiger partial charge on any atom is -1.00 e. The van der Waals surface area contributed by atoms with Gasteiger partial charge >= 0.3 is 23.9 Å². The van der Waals surface area contributed by atoms with Crippen LogP contribution >= 0.6 is 0 Å². The fourth-order valence-corrected chi connectivity index (χ4v) is 6.39. The molecule has 0 amide bonds. The molecule has 0 saturated carbocycles. The molecule has 0 aromatic heterocycles. The number of ether oxygens (including phenoxy) is 2. The van der Waals surface area contributed by atoms with Crippen molar-refractivity contribution in [1.82, 2.24) is 0 Å². The van der Waals surface area contributed by atoms with E-state index in [-0.39, 0.29) is 36.4 Å². The number of aliphatic carboxylic acids is 2. The van der Waals surface area contributed by atoms with E-state index in [1.165, 1.54) is 0 Å². The van der Waals surface area contributed by atoms with Gasteiger partial charge in [0.1, 0.15) is 13.1 Å². The molecule has 0 radical (unpaired) electrons. The van der Waals surface area contributed by atoms with Crippen molar-refractivity contribution in [3.63, 3.8) is 0 Å². The molecule has 296 valence electrons. The average molecular weight is 808 g/mol. The van der Waals surface area contributed by atoms with Gasteiger partial charge in [-0.3, -0.25) is 19.2 Å². The number of carboxylic acid groups (broad SMARTS) is 2. The Morgan fingerprint density at radius 3 is 1.20 bits per heavy atom. The van der Waals surface area contributed by atoms with Crippen molar-refractivity contribution in [2.75, 3.05) is 13.1 Å². The Bertz CT molecular complexity index is 1850. The third kappa shape index (κ3) is 11.8. The third-order valence-corrected chi connectivity index (χ3v) is 9.68. The van der Waals surface area contributed by atoms with E-state index in [1.807, 2.05) is 12.1 Å². The summed E-state index contributed by atoms with van der Waals surface area (Å²) >= 11 is 0. The second-order valence-corrected chi connectivity index (χ2v) is 13.5. The number of carboxylic acids is 2. The molecule has 0 spiro atoms. The number of carbonyl (C=O) groups is 6. The van der Waals surface area contributed by atoms with Crippen LogP contribution in [0.3, 0.4) is 0 Å². The lowest BCUT2D eigenvalue weighted by molar-refractivity contribution is -0.661. The van der Waals surface area contributed by atoms with Crippen LogP contribution in [0.2, 0.25) is 0 Å². The lowest BCUT2D eigenvalue weighted by Crippen LogP contribution is -3.00. The number of rotatable bonds is 12. The van der Waals surface area contributed by atoms with Gasteiger partial charge in [0.25, 0.3) is 0 Å². The highest BCUT2D eigenvalue weighted by Gasteiger charge is 2.37. The average Bonchev–Trinajstić information content (AvgIpc) is 3.88. The molecule has 4 aromatic rings. The lowest BCUT2D eigenvalue weighted by Gasteiger charge is -2.15. The molecule has 2 aliphatic heterocycles. The van der Waals surface area contributed by atoms with Crippen LogP contribution in [0.15, 0.2) is 109 Å². The van der Waals surface area contributed by atoms with E-state index in [2.05, 4.69) is 0 Å². The zero-order valence-corrected chi connectivity index (χ0v) is 32.3. The second-order valence-electron chi connectivity index (χ2n) is 13.5. The molecular weight excluding hydrogens is 763 g/mol. The summed E-state index contributed by atoms with van der Waals surface area (Å²) in [6.07, 6.45) is -0.203. The van der Waals surface area contributed by atoms with Gasteiger partial charge in [0.15, 0.2) is 35.9 Å². The smallest absolute Gasteiger partial charge is 0.362 e. The lowest BCUT2D eigenvalue weighted by atomic mass is 9.96. The van der Waals surface area contributed by atoms with Crippen LogP contribution in [-0.4, -0.2) is 83.0 Å². The summed E-state index contributed by atoms with van der Waals surface area (Å²) < 4.78 is 10.9. The third-order valence-electron chi connectivity index (χ3n) is 9.68. The fraction of sp³-hybridized carbons (Fsp3) is 0.286. The van der Waals surface area contributed by atoms with E-state index in [4.69, 9.17) is 19.7 Å². The van der Waals surface area contributed by atoms with Crippen molar-refractivity contribution < 1.29 is 83.9 Å². The topological polar surface area (TPSA) is 195 Å². The van der Waals surface area contributed by atoms with Gasteiger partial charge in [-0.2, -0.15) is 0 Å². The summed E-state index contributed by atoms with van der Waals surface area (Å²) in [5.74, 6) is -3.91. The van der Waals surface area contributed by atoms with Crippen LogP contribution < -0.4 is 35.4 Å². The number of ketones is 2. The SMILES string of the molecule is C[C@@H](C(=O)O[C@H]1C[NH2+][C@H](C(=O)O)C1)c1cccc(C(=O)c2ccccc2)c1.C[C@H](C(=O)O[C@H]1C[NH2+][C@H](C(=O)O)C1)c1cccc(C(=O)c2ccccc2)c1.[Cl-].[Cl-]. The standard InChI is InChI=1S/2C21H21NO5.2ClH/c2*1-13(21(26)27-17-11-18(20(24)25)22-12-17)15-8-5-9-16(10-15)19(23)14-6-3-2-4-7-14;;/h2*2-10,13,17-18,22H,11-12H2,1H3,(H,24,25);2*1H/t13-,17+,18-;13-,17-,18+;;/m01../s1. The Labute approximate surface area is 336 Å². The minimum atomic E-state index is -0.895. The molecule has 12 nitrogen and oxygen atoms in total. The Balaban J connectivity index is 0.000000290. The molecule has 6 rings (SSSR count). The fourth-order valence-electron chi connectivity index (χ4n) is 6.39. The first-order chi connectivity index (χ1) is 25.9. The number of benzene rings is 4. The van der Waals surface area contributed by atoms with Crippen molar-refractivity contribution >= 4 is 35.4 Å². The Morgan fingerprint density at radius 2 is 0.875 bits per heavy atom. The number of quaternary nitrogens is 2. The van der Waals surface area contributed by atoms with Crippen LogP contribution in [0.1, 0.15) is 81.5 Å². The maximum atomic E-state index is 12.6. The number of halogens is 2. The highest BCUT2D eigenvalue weighted by molar-refractivity contribution is 6.09. The molecule has 4 aromatic carbocycles. The summed E-state index contributed by atoms with van der Waals surface area (Å²) in [6.45, 7) is 4.34. The largest absolute Gasteiger partial charge is 1.00 e. The molecular formula is C42H44Cl2N2O10. The molecule has 0 aliphatic carbocycles. The molecule has 2 aliphatic rings. The van der Waals surface area contributed by atoms with Gasteiger partial charge in [-0.15, -0.1) is 0 Å². The first-order valence-corrected chi connectivity index (χ1v) is 17.8. The molecule has 0 bridgehead atoms. The van der Waals surface area contributed by atoms with E-state index < -0.39 is 60.0 Å². The first-order valence-electron chi connectivity index (χ1n) is 17.8. The van der Waals surface area contributed by atoms with Crippen LogP contribution in [0, 0.1) is 0 Å². The monoisotopic (exact) mass is 806 g/mol. The first kappa shape index (κ1) is 45.0. The molecule has 0 unspecified atom stereocenters. The van der Waals surface area contributed by atoms with Crippen molar-refractivity contribution in [2.45, 2.75) is 62.8 Å². The normalized spacial score (nSPS) is 19.3. The van der Waals surface area contributed by atoms with Crippen LogP contribution in [-0.2, 0) is 28.7 Å². The van der Waals surface area contributed by atoms with E-state index in [1.54, 1.807) is 122 Å². The number of esters is 2. The predicted molar refractivity (Wildman–Crippen MR) is 195 cm³/mol. The summed E-state index contributed by atoms with van der Waals surface area (Å²) in [5, 5.41) is 21.4. The van der Waals surface area contributed by atoms with Crippen LogP contribution in [0.25, 0.3) is 0 Å². The van der Waals surface area contributed by atoms with Crippen molar-refractivity contribution in [1.29, 1.82) is 0 Å². The summed E-state index contributed by atoms with van der Waals surface area (Å²) in [7, 11) is 0. The van der Waals surface area contributed by atoms with E-state index >= 15 is 0 Å². The van der Waals surface area contributed by atoms with Crippen LogP contribution in [0.4, 0.5) is 0 Å². The summed E-state index contributed by atoms with van der Waals surface area (Å²) in [5.41, 5.74) is 3.59. The van der Waals surface area contributed by atoms with E-state index in [9.17, 15) is 28.8 Å². The Morgan fingerprint density at radius 1 is 0.536 bits per heavy atom. The second kappa shape index (κ2) is 21.1. The maximum absolute atomic E-state index is 12.6. The van der Waals surface area contributed by atoms with Gasteiger partial charge in [-0.1, -0.05) is 97.1 Å². The maximum Gasteiger partial charge on any atom is 0.362 e. The predicted octanol–water partition coefficient (Wildman–Crippen LogP) is -3.29. The van der Waals surface area contributed by atoms with E-state index in [0.29, 0.717) is 59.3 Å². The van der Waals surface area contributed by atoms with Gasteiger partial charge in [0, 0.05) is 22.3 Å². The number of hydrogen-bond donors (Lipinski definition) is 4. The number of carbonyl (C=O) groups excluding carboxylic acids is 4. The van der Waals surface area contributed by atoms with Gasteiger partial charge in [0.2, 0.25) is 0 Å². The highest BCUT2D eigenvalue weighted by Crippen LogP contribution is 2.23. The zero-order chi connectivity index (χ0) is 38.8. The van der Waals surface area contributed by atoms with E-state index in [0.717, 1.165) is 0 Å². The molecule has 2 fully saturated rings. The minimum absolute atomic E-state index is 0. The number of nitrogens with two attached hydrogens (primary N) is 2. The molecule has 6 N–H and O–H groups in total. The van der Waals surface area contributed by atoms with Gasteiger partial charge in [-0.05, 0) is 37.1 Å². The molecule has 56 heavy (non-hydrogen) atoms. The Kier molecular flexibility index (Phi) is 16.9. The van der Waals surface area contributed by atoms with Gasteiger partial charge in [0.05, 0.1) is 24.7 Å². The van der Waals surface area contributed by atoms with Crippen molar-refractivity contribution in [3.05, 3.63) is 143 Å². The molecule has 2 heterocycles. The molecule has 14 heteroatoms. The van der Waals surface area contributed by atoms with Crippen molar-refractivity contribution in [3.8, 4) is 0 Å². The Hall–Kier alpha value is -5.40. The quantitative estimate of drug-likeness (QED) is 0.0834. The molecule has 6 atom stereocenters. The van der Waals surface area contributed by atoms with Crippen molar-refractivity contribution in [2.24, 2.45) is 0 Å². The van der Waals surface area contributed by atoms with Gasteiger partial charge in [-0.25, -0.2) is 9.59 Å². The summed E-state index contributed by atoms with van der Waals surface area (Å²) in [4.78, 5) is 72.1. The highest BCUT2D eigenvalue weighted by atomic mass is 35.5. The summed E-state index contributed by atoms with van der Waals surface area (Å²) in [6, 6.07) is 30.7. The molecule has 2 saturated heterocycles. The zero-order valence-electron chi connectivity index (χ0n) is 30.8. The van der Waals surface area contributed by atoms with Crippen LogP contribution in [0.5, 0.6) is 0 Å². The van der Waals surface area contributed by atoms with Gasteiger partial charge < -0.3 is 55.1 Å².